The fourth-order valence-corrected chi connectivity index (χ4v) is 2.85. The van der Waals surface area contributed by atoms with Crippen molar-refractivity contribution in [1.29, 1.82) is 0 Å². The Bertz CT molecular complexity index is 621. The van der Waals surface area contributed by atoms with Crippen molar-refractivity contribution in [3.05, 3.63) is 29.3 Å². The SMILES string of the molecule is O=C(NC1CN(C(=O)Nc2ccc3c(c2)COC3)C1)C1CC1. The van der Waals surface area contributed by atoms with Crippen LogP contribution in [0, 0.1) is 5.92 Å². The van der Waals surface area contributed by atoms with Crippen molar-refractivity contribution in [3.8, 4) is 0 Å². The van der Waals surface area contributed by atoms with Gasteiger partial charge in [-0.15, -0.1) is 0 Å². The molecule has 0 bridgehead atoms. The molecule has 2 fully saturated rings. The molecule has 6 nitrogen and oxygen atoms in total. The molecular formula is C16H19N3O3. The van der Waals surface area contributed by atoms with Gasteiger partial charge >= 0.3 is 6.03 Å². The number of hydrogen-bond donors (Lipinski definition) is 2. The van der Waals surface area contributed by atoms with E-state index in [1.807, 2.05) is 18.2 Å². The fourth-order valence-electron chi connectivity index (χ4n) is 2.85. The molecule has 0 spiro atoms. The summed E-state index contributed by atoms with van der Waals surface area (Å²) in [5, 5.41) is 5.89. The molecule has 1 aliphatic carbocycles. The number of ether oxygens (including phenoxy) is 1. The van der Waals surface area contributed by atoms with Gasteiger partial charge in [0.05, 0.1) is 19.3 Å². The Labute approximate surface area is 128 Å². The van der Waals surface area contributed by atoms with Gasteiger partial charge in [-0.2, -0.15) is 0 Å². The highest BCUT2D eigenvalue weighted by molar-refractivity contribution is 5.90. The number of nitrogens with one attached hydrogen (secondary N) is 2. The summed E-state index contributed by atoms with van der Waals surface area (Å²) in [6.45, 7) is 2.42. The van der Waals surface area contributed by atoms with Gasteiger partial charge in [-0.1, -0.05) is 6.07 Å². The number of nitrogens with zero attached hydrogens (tertiary/aromatic N) is 1. The molecule has 116 valence electrons. The topological polar surface area (TPSA) is 70.7 Å². The Balaban J connectivity index is 1.27. The first kappa shape index (κ1) is 13.6. The number of amides is 3. The summed E-state index contributed by atoms with van der Waals surface area (Å²) in [7, 11) is 0. The summed E-state index contributed by atoms with van der Waals surface area (Å²) in [5.74, 6) is 0.361. The van der Waals surface area contributed by atoms with Crippen LogP contribution in [0.15, 0.2) is 18.2 Å². The van der Waals surface area contributed by atoms with Gasteiger partial charge in [0.1, 0.15) is 0 Å². The molecule has 0 radical (unpaired) electrons. The molecule has 0 aromatic heterocycles. The predicted octanol–water partition coefficient (Wildman–Crippen LogP) is 1.46. The lowest BCUT2D eigenvalue weighted by Gasteiger charge is -2.39. The minimum Gasteiger partial charge on any atom is -0.372 e. The molecule has 2 N–H and O–H groups in total. The molecule has 3 aliphatic rings. The van der Waals surface area contributed by atoms with Gasteiger partial charge in [-0.05, 0) is 36.1 Å². The highest BCUT2D eigenvalue weighted by Crippen LogP contribution is 2.29. The normalized spacial score (nSPS) is 20.3. The molecule has 6 heteroatoms. The molecule has 22 heavy (non-hydrogen) atoms. The maximum absolute atomic E-state index is 12.1. The van der Waals surface area contributed by atoms with Crippen LogP contribution in [0.1, 0.15) is 24.0 Å². The van der Waals surface area contributed by atoms with Crippen LogP contribution in [0.3, 0.4) is 0 Å². The number of hydrogen-bond acceptors (Lipinski definition) is 3. The van der Waals surface area contributed by atoms with E-state index in [1.54, 1.807) is 4.90 Å². The van der Waals surface area contributed by atoms with E-state index >= 15 is 0 Å². The number of carbonyl (C=O) groups is 2. The number of urea groups is 1. The molecule has 0 atom stereocenters. The van der Waals surface area contributed by atoms with Crippen LogP contribution >= 0.6 is 0 Å². The first-order chi connectivity index (χ1) is 10.7. The molecule has 0 unspecified atom stereocenters. The predicted molar refractivity (Wildman–Crippen MR) is 80.2 cm³/mol. The lowest BCUT2D eigenvalue weighted by molar-refractivity contribution is -0.123. The number of carbonyl (C=O) groups excluding carboxylic acids is 2. The lowest BCUT2D eigenvalue weighted by Crippen LogP contribution is -2.62. The summed E-state index contributed by atoms with van der Waals surface area (Å²) in [5.41, 5.74) is 3.11. The van der Waals surface area contributed by atoms with E-state index in [-0.39, 0.29) is 23.9 Å². The third-order valence-electron chi connectivity index (χ3n) is 4.44. The number of likely N-dealkylation sites (tertiary alicyclic amines) is 1. The number of fused-ring (bicyclic) bond motifs is 1. The Morgan fingerprint density at radius 1 is 1.14 bits per heavy atom. The Hall–Kier alpha value is -2.08. The van der Waals surface area contributed by atoms with Crippen LogP contribution in [0.4, 0.5) is 10.5 Å². The lowest BCUT2D eigenvalue weighted by atomic mass is 10.1. The van der Waals surface area contributed by atoms with E-state index in [9.17, 15) is 9.59 Å². The minimum atomic E-state index is -0.115. The zero-order chi connectivity index (χ0) is 15.1. The van der Waals surface area contributed by atoms with E-state index in [4.69, 9.17) is 4.74 Å². The number of anilines is 1. The number of benzene rings is 1. The van der Waals surface area contributed by atoms with Crippen molar-refractivity contribution in [3.63, 3.8) is 0 Å². The van der Waals surface area contributed by atoms with Crippen LogP contribution < -0.4 is 10.6 Å². The second kappa shape index (κ2) is 5.28. The van der Waals surface area contributed by atoms with E-state index < -0.39 is 0 Å². The van der Waals surface area contributed by atoms with Gasteiger partial charge in [0.2, 0.25) is 5.91 Å². The van der Waals surface area contributed by atoms with Gasteiger partial charge < -0.3 is 20.3 Å². The van der Waals surface area contributed by atoms with Gasteiger partial charge in [0.25, 0.3) is 0 Å². The van der Waals surface area contributed by atoms with Gasteiger partial charge in [-0.25, -0.2) is 4.79 Å². The van der Waals surface area contributed by atoms with Gasteiger partial charge in [-0.3, -0.25) is 4.79 Å². The van der Waals surface area contributed by atoms with Crippen molar-refractivity contribution in [1.82, 2.24) is 10.2 Å². The first-order valence-electron chi connectivity index (χ1n) is 7.75. The van der Waals surface area contributed by atoms with Gasteiger partial charge in [0, 0.05) is 24.7 Å². The maximum atomic E-state index is 12.1. The van der Waals surface area contributed by atoms with Crippen molar-refractivity contribution >= 4 is 17.6 Å². The second-order valence-corrected chi connectivity index (χ2v) is 6.29. The third kappa shape index (κ3) is 2.66. The average molecular weight is 301 g/mol. The first-order valence-corrected chi connectivity index (χ1v) is 7.75. The minimum absolute atomic E-state index is 0.104. The highest BCUT2D eigenvalue weighted by Gasteiger charge is 2.36. The second-order valence-electron chi connectivity index (χ2n) is 6.29. The van der Waals surface area contributed by atoms with E-state index in [0.29, 0.717) is 26.3 Å². The van der Waals surface area contributed by atoms with Crippen LogP contribution in [-0.2, 0) is 22.7 Å². The maximum Gasteiger partial charge on any atom is 0.321 e. The quantitative estimate of drug-likeness (QED) is 0.888. The summed E-state index contributed by atoms with van der Waals surface area (Å²) < 4.78 is 5.37. The Morgan fingerprint density at radius 3 is 2.68 bits per heavy atom. The third-order valence-corrected chi connectivity index (χ3v) is 4.44. The van der Waals surface area contributed by atoms with E-state index in [2.05, 4.69) is 10.6 Å². The van der Waals surface area contributed by atoms with Crippen LogP contribution in [0.5, 0.6) is 0 Å². The molecule has 4 rings (SSSR count). The van der Waals surface area contributed by atoms with Crippen molar-refractivity contribution in [2.24, 2.45) is 5.92 Å². The van der Waals surface area contributed by atoms with Crippen molar-refractivity contribution < 1.29 is 14.3 Å². The zero-order valence-corrected chi connectivity index (χ0v) is 12.3. The summed E-state index contributed by atoms with van der Waals surface area (Å²) in [4.78, 5) is 25.5. The molecule has 1 aromatic carbocycles. The van der Waals surface area contributed by atoms with Crippen molar-refractivity contribution in [2.75, 3.05) is 18.4 Å². The largest absolute Gasteiger partial charge is 0.372 e. The average Bonchev–Trinajstić information content (AvgIpc) is 3.21. The Morgan fingerprint density at radius 2 is 1.91 bits per heavy atom. The van der Waals surface area contributed by atoms with E-state index in [0.717, 1.165) is 24.1 Å². The summed E-state index contributed by atoms with van der Waals surface area (Å²) in [6, 6.07) is 5.85. The zero-order valence-electron chi connectivity index (χ0n) is 12.3. The monoisotopic (exact) mass is 301 g/mol. The van der Waals surface area contributed by atoms with Crippen molar-refractivity contribution in [2.45, 2.75) is 32.1 Å². The highest BCUT2D eigenvalue weighted by atomic mass is 16.5. The molecule has 1 aromatic rings. The molecule has 1 saturated heterocycles. The molecule has 1 saturated carbocycles. The standard InChI is InChI=1S/C16H19N3O3/c20-15(10-1-2-10)17-14-6-19(7-14)16(21)18-13-4-3-11-8-22-9-12(11)5-13/h3-5,10,14H,1-2,6-9H2,(H,17,20)(H,18,21). The van der Waals surface area contributed by atoms with E-state index in [1.165, 1.54) is 5.56 Å². The summed E-state index contributed by atoms with van der Waals surface area (Å²) >= 11 is 0. The number of rotatable bonds is 3. The summed E-state index contributed by atoms with van der Waals surface area (Å²) in [6.07, 6.45) is 2.01. The molecular weight excluding hydrogens is 282 g/mol. The molecule has 2 heterocycles. The molecule has 3 amide bonds. The Kier molecular flexibility index (Phi) is 3.26. The van der Waals surface area contributed by atoms with Crippen LogP contribution in [0.25, 0.3) is 0 Å². The van der Waals surface area contributed by atoms with Crippen LogP contribution in [0.2, 0.25) is 0 Å². The van der Waals surface area contributed by atoms with Gasteiger partial charge in [0.15, 0.2) is 0 Å². The fraction of sp³-hybridized carbons (Fsp3) is 0.500. The van der Waals surface area contributed by atoms with Crippen LogP contribution in [-0.4, -0.2) is 36.0 Å². The molecule has 2 aliphatic heterocycles. The smallest absolute Gasteiger partial charge is 0.321 e.